The number of hydrogen-bond donors (Lipinski definition) is 1. The van der Waals surface area contributed by atoms with Crippen molar-refractivity contribution in [2.45, 2.75) is 43.4 Å². The highest BCUT2D eigenvalue weighted by molar-refractivity contribution is 7.91. The topological polar surface area (TPSA) is 58.5 Å². The first-order chi connectivity index (χ1) is 8.28. The van der Waals surface area contributed by atoms with Crippen molar-refractivity contribution < 1.29 is 8.42 Å². The number of aliphatic imine (C=N–C) groups is 1. The van der Waals surface area contributed by atoms with Gasteiger partial charge in [0.1, 0.15) is 4.21 Å². The maximum Gasteiger partial charge on any atom is 0.250 e. The molecule has 2 heterocycles. The van der Waals surface area contributed by atoms with Gasteiger partial charge in [0, 0.05) is 17.0 Å². The smallest absolute Gasteiger partial charge is 0.250 e. The van der Waals surface area contributed by atoms with Gasteiger partial charge in [0.2, 0.25) is 0 Å². The highest BCUT2D eigenvalue weighted by Crippen LogP contribution is 2.26. The lowest BCUT2D eigenvalue weighted by Gasteiger charge is -2.19. The Morgan fingerprint density at radius 3 is 2.61 bits per heavy atom. The Labute approximate surface area is 112 Å². The predicted molar refractivity (Wildman–Crippen MR) is 75.0 cm³/mol. The minimum Gasteiger partial charge on any atom is -0.288 e. The van der Waals surface area contributed by atoms with Crippen molar-refractivity contribution in [3.63, 3.8) is 0 Å². The lowest BCUT2D eigenvalue weighted by molar-refractivity contribution is 0.492. The standard InChI is InChI=1S/C12H18N2O2S2/c1-12(2,3)14-18(15,16)11-7-6-10(17-11)9-5-4-8-13-9/h6-7,14H,4-5,8H2,1-3H3. The summed E-state index contributed by atoms with van der Waals surface area (Å²) in [4.78, 5) is 5.36. The zero-order valence-corrected chi connectivity index (χ0v) is 12.5. The van der Waals surface area contributed by atoms with Crippen LogP contribution in [-0.2, 0) is 10.0 Å². The molecule has 18 heavy (non-hydrogen) atoms. The molecule has 0 bridgehead atoms. The molecule has 1 aromatic rings. The summed E-state index contributed by atoms with van der Waals surface area (Å²) in [6, 6.07) is 3.51. The fourth-order valence-corrected chi connectivity index (χ4v) is 4.57. The highest BCUT2D eigenvalue weighted by atomic mass is 32.2. The quantitative estimate of drug-likeness (QED) is 0.927. The fourth-order valence-electron chi connectivity index (χ4n) is 1.81. The van der Waals surface area contributed by atoms with E-state index < -0.39 is 15.6 Å². The molecule has 1 aliphatic heterocycles. The molecule has 100 valence electrons. The summed E-state index contributed by atoms with van der Waals surface area (Å²) in [5, 5.41) is 0. The van der Waals surface area contributed by atoms with Gasteiger partial charge >= 0.3 is 0 Å². The van der Waals surface area contributed by atoms with Gasteiger partial charge in [-0.1, -0.05) is 0 Å². The van der Waals surface area contributed by atoms with E-state index in [4.69, 9.17) is 0 Å². The number of rotatable bonds is 3. The molecule has 1 N–H and O–H groups in total. The lowest BCUT2D eigenvalue weighted by Crippen LogP contribution is -2.40. The number of sulfonamides is 1. The van der Waals surface area contributed by atoms with Gasteiger partial charge in [-0.25, -0.2) is 13.1 Å². The minimum atomic E-state index is -3.41. The van der Waals surface area contributed by atoms with Crippen molar-refractivity contribution in [3.05, 3.63) is 17.0 Å². The third kappa shape index (κ3) is 3.18. The van der Waals surface area contributed by atoms with Crippen molar-refractivity contribution in [1.82, 2.24) is 4.72 Å². The van der Waals surface area contributed by atoms with E-state index in [0.29, 0.717) is 4.21 Å². The molecule has 0 saturated heterocycles. The Bertz CT molecular complexity index is 565. The van der Waals surface area contributed by atoms with Crippen LogP contribution >= 0.6 is 11.3 Å². The van der Waals surface area contributed by atoms with Crippen LogP contribution in [0, 0.1) is 0 Å². The van der Waals surface area contributed by atoms with Gasteiger partial charge in [-0.3, -0.25) is 4.99 Å². The van der Waals surface area contributed by atoms with E-state index in [-0.39, 0.29) is 0 Å². The van der Waals surface area contributed by atoms with Crippen molar-refractivity contribution in [2.24, 2.45) is 4.99 Å². The summed E-state index contributed by atoms with van der Waals surface area (Å²) in [5.74, 6) is 0. The molecular formula is C12H18N2O2S2. The van der Waals surface area contributed by atoms with Crippen LogP contribution < -0.4 is 4.72 Å². The Morgan fingerprint density at radius 2 is 2.06 bits per heavy atom. The number of nitrogens with zero attached hydrogens (tertiary/aromatic N) is 1. The summed E-state index contributed by atoms with van der Waals surface area (Å²) in [6.45, 7) is 6.36. The Morgan fingerprint density at radius 1 is 1.33 bits per heavy atom. The summed E-state index contributed by atoms with van der Waals surface area (Å²) in [5.41, 5.74) is 0.575. The largest absolute Gasteiger partial charge is 0.288 e. The molecule has 2 rings (SSSR count). The molecule has 0 aliphatic carbocycles. The van der Waals surface area contributed by atoms with E-state index in [1.54, 1.807) is 6.07 Å². The van der Waals surface area contributed by atoms with E-state index in [1.807, 2.05) is 26.8 Å². The normalized spacial score (nSPS) is 16.9. The van der Waals surface area contributed by atoms with Crippen LogP contribution in [0.3, 0.4) is 0 Å². The van der Waals surface area contributed by atoms with Gasteiger partial charge in [0.05, 0.1) is 5.71 Å². The Kier molecular flexibility index (Phi) is 3.62. The average molecular weight is 286 g/mol. The number of thiophene rings is 1. The predicted octanol–water partition coefficient (Wildman–Crippen LogP) is 2.41. The first-order valence-electron chi connectivity index (χ1n) is 5.95. The number of nitrogens with one attached hydrogen (secondary N) is 1. The maximum atomic E-state index is 12.1. The molecule has 1 aromatic heterocycles. The molecule has 4 nitrogen and oxygen atoms in total. The van der Waals surface area contributed by atoms with Gasteiger partial charge in [0.15, 0.2) is 0 Å². The zero-order chi connectivity index (χ0) is 13.4. The Hall–Kier alpha value is -0.720. The second kappa shape index (κ2) is 4.75. The molecule has 1 aliphatic rings. The number of hydrogen-bond acceptors (Lipinski definition) is 4. The van der Waals surface area contributed by atoms with Crippen LogP contribution in [0.1, 0.15) is 38.5 Å². The second-order valence-corrected chi connectivity index (χ2v) is 8.40. The average Bonchev–Trinajstić information content (AvgIpc) is 2.85. The van der Waals surface area contributed by atoms with E-state index in [1.165, 1.54) is 11.3 Å². The van der Waals surface area contributed by atoms with Crippen LogP contribution in [0.25, 0.3) is 0 Å². The molecule has 0 atom stereocenters. The molecule has 0 saturated carbocycles. The van der Waals surface area contributed by atoms with E-state index in [0.717, 1.165) is 30.0 Å². The van der Waals surface area contributed by atoms with Crippen molar-refractivity contribution in [1.29, 1.82) is 0 Å². The molecule has 0 spiro atoms. The van der Waals surface area contributed by atoms with E-state index in [2.05, 4.69) is 9.71 Å². The van der Waals surface area contributed by atoms with Crippen LogP contribution in [0.15, 0.2) is 21.3 Å². The molecule has 0 amide bonds. The summed E-state index contributed by atoms with van der Waals surface area (Å²) in [7, 11) is -3.41. The van der Waals surface area contributed by atoms with Gasteiger partial charge in [-0.05, 0) is 45.7 Å². The summed E-state index contributed by atoms with van der Waals surface area (Å²) < 4.78 is 27.3. The molecule has 0 radical (unpaired) electrons. The first-order valence-corrected chi connectivity index (χ1v) is 8.25. The molecular weight excluding hydrogens is 268 g/mol. The van der Waals surface area contributed by atoms with Crippen LogP contribution in [0.5, 0.6) is 0 Å². The lowest BCUT2D eigenvalue weighted by atomic mass is 10.1. The van der Waals surface area contributed by atoms with Crippen LogP contribution in [-0.4, -0.2) is 26.2 Å². The maximum absolute atomic E-state index is 12.1. The summed E-state index contributed by atoms with van der Waals surface area (Å²) >= 11 is 1.30. The molecule has 0 unspecified atom stereocenters. The zero-order valence-electron chi connectivity index (χ0n) is 10.9. The third-order valence-electron chi connectivity index (χ3n) is 2.45. The second-order valence-electron chi connectivity index (χ2n) is 5.41. The minimum absolute atomic E-state index is 0.363. The molecule has 0 aromatic carbocycles. The highest BCUT2D eigenvalue weighted by Gasteiger charge is 2.24. The van der Waals surface area contributed by atoms with E-state index >= 15 is 0 Å². The molecule has 0 fully saturated rings. The van der Waals surface area contributed by atoms with E-state index in [9.17, 15) is 8.42 Å². The molecule has 6 heteroatoms. The van der Waals surface area contributed by atoms with Crippen LogP contribution in [0.4, 0.5) is 0 Å². The van der Waals surface area contributed by atoms with Crippen molar-refractivity contribution in [2.75, 3.05) is 6.54 Å². The van der Waals surface area contributed by atoms with Gasteiger partial charge in [-0.15, -0.1) is 11.3 Å². The summed E-state index contributed by atoms with van der Waals surface area (Å²) in [6.07, 6.45) is 2.02. The van der Waals surface area contributed by atoms with Gasteiger partial charge in [0.25, 0.3) is 10.0 Å². The van der Waals surface area contributed by atoms with Crippen LogP contribution in [0.2, 0.25) is 0 Å². The van der Waals surface area contributed by atoms with Crippen molar-refractivity contribution >= 4 is 27.1 Å². The Balaban J connectivity index is 2.24. The van der Waals surface area contributed by atoms with Gasteiger partial charge in [-0.2, -0.15) is 0 Å². The van der Waals surface area contributed by atoms with Gasteiger partial charge < -0.3 is 0 Å². The van der Waals surface area contributed by atoms with Crippen molar-refractivity contribution in [3.8, 4) is 0 Å². The SMILES string of the molecule is CC(C)(C)NS(=O)(=O)c1ccc(C2=NCCC2)s1. The fraction of sp³-hybridized carbons (Fsp3) is 0.583. The third-order valence-corrected chi connectivity index (χ3v) is 5.83. The first kappa shape index (κ1) is 13.7. The monoisotopic (exact) mass is 286 g/mol.